The van der Waals surface area contributed by atoms with Gasteiger partial charge in [-0.05, 0) is 24.1 Å². The van der Waals surface area contributed by atoms with Crippen molar-refractivity contribution in [3.63, 3.8) is 0 Å². The number of hydrogen-bond donors (Lipinski definition) is 1. The zero-order chi connectivity index (χ0) is 16.7. The van der Waals surface area contributed by atoms with Crippen molar-refractivity contribution in [2.75, 3.05) is 54.7 Å². The van der Waals surface area contributed by atoms with Crippen LogP contribution in [0.4, 0.5) is 0 Å². The van der Waals surface area contributed by atoms with E-state index in [1.807, 2.05) is 12.1 Å². The Hall–Kier alpha value is -0.920. The maximum absolute atomic E-state index is 5.43. The average Bonchev–Trinajstić information content (AvgIpc) is 2.59. The molecule has 0 spiro atoms. The van der Waals surface area contributed by atoms with Crippen LogP contribution in [-0.2, 0) is 11.3 Å². The number of methoxy groups -OCH3 is 4. The van der Waals surface area contributed by atoms with E-state index in [0.717, 1.165) is 44.8 Å². The molecule has 0 radical (unpaired) electrons. The molecule has 1 saturated heterocycles. The maximum Gasteiger partial charge on any atom is 0.203 e. The lowest BCUT2D eigenvalue weighted by Gasteiger charge is -2.33. The third-order valence-corrected chi connectivity index (χ3v) is 4.14. The van der Waals surface area contributed by atoms with E-state index < -0.39 is 0 Å². The number of benzene rings is 1. The van der Waals surface area contributed by atoms with Crippen LogP contribution in [0, 0.1) is 0 Å². The van der Waals surface area contributed by atoms with Crippen molar-refractivity contribution >= 4 is 24.8 Å². The van der Waals surface area contributed by atoms with Crippen LogP contribution in [0.25, 0.3) is 0 Å². The summed E-state index contributed by atoms with van der Waals surface area (Å²) in [5.74, 6) is 2.04. The summed E-state index contributed by atoms with van der Waals surface area (Å²) < 4.78 is 21.4. The highest BCUT2D eigenvalue weighted by Gasteiger charge is 2.20. The molecule has 8 heteroatoms. The summed E-state index contributed by atoms with van der Waals surface area (Å²) in [5.41, 5.74) is 1.16. The van der Waals surface area contributed by atoms with E-state index in [0.29, 0.717) is 23.3 Å². The van der Waals surface area contributed by atoms with Gasteiger partial charge in [0.1, 0.15) is 0 Å². The van der Waals surface area contributed by atoms with Gasteiger partial charge in [-0.25, -0.2) is 0 Å². The highest BCUT2D eigenvalue weighted by atomic mass is 35.5. The van der Waals surface area contributed by atoms with E-state index in [1.165, 1.54) is 0 Å². The van der Waals surface area contributed by atoms with Crippen molar-refractivity contribution in [2.24, 2.45) is 0 Å². The molecule has 0 saturated carbocycles. The first-order chi connectivity index (χ1) is 11.2. The molecule has 1 aliphatic rings. The van der Waals surface area contributed by atoms with Crippen molar-refractivity contribution in [3.05, 3.63) is 17.7 Å². The molecule has 0 aromatic heterocycles. The maximum atomic E-state index is 5.43. The molecule has 0 amide bonds. The molecular formula is C17H30Cl2N2O4. The molecule has 1 atom stereocenters. The Labute approximate surface area is 163 Å². The molecule has 25 heavy (non-hydrogen) atoms. The van der Waals surface area contributed by atoms with Gasteiger partial charge in [0.2, 0.25) is 5.75 Å². The van der Waals surface area contributed by atoms with Crippen molar-refractivity contribution in [3.8, 4) is 17.2 Å². The van der Waals surface area contributed by atoms with Gasteiger partial charge in [-0.2, -0.15) is 0 Å². The molecular weight excluding hydrogens is 367 g/mol. The lowest BCUT2D eigenvalue weighted by Crippen LogP contribution is -2.50. The Morgan fingerprint density at radius 3 is 2.20 bits per heavy atom. The molecule has 6 nitrogen and oxygen atoms in total. The molecule has 2 rings (SSSR count). The van der Waals surface area contributed by atoms with Gasteiger partial charge in [0, 0.05) is 45.9 Å². The summed E-state index contributed by atoms with van der Waals surface area (Å²) in [6.45, 7) is 4.69. The lowest BCUT2D eigenvalue weighted by molar-refractivity contribution is 0.144. The normalized spacial score (nSPS) is 17.2. The minimum Gasteiger partial charge on any atom is -0.493 e. The van der Waals surface area contributed by atoms with Crippen molar-refractivity contribution in [2.45, 2.75) is 19.0 Å². The van der Waals surface area contributed by atoms with Crippen LogP contribution in [-0.4, -0.2) is 65.6 Å². The van der Waals surface area contributed by atoms with Crippen LogP contribution >= 0.6 is 24.8 Å². The fourth-order valence-electron chi connectivity index (χ4n) is 2.98. The average molecular weight is 397 g/mol. The highest BCUT2D eigenvalue weighted by molar-refractivity contribution is 5.85. The zero-order valence-electron chi connectivity index (χ0n) is 15.4. The van der Waals surface area contributed by atoms with Gasteiger partial charge in [0.05, 0.1) is 21.3 Å². The predicted octanol–water partition coefficient (Wildman–Crippen LogP) is 2.37. The molecule has 0 bridgehead atoms. The molecule has 0 aliphatic carbocycles. The van der Waals surface area contributed by atoms with E-state index in [9.17, 15) is 0 Å². The van der Waals surface area contributed by atoms with Crippen LogP contribution in [0.3, 0.4) is 0 Å². The molecule has 146 valence electrons. The fraction of sp³-hybridized carbons (Fsp3) is 0.647. The number of halogens is 2. The summed E-state index contributed by atoms with van der Waals surface area (Å²) in [4.78, 5) is 2.44. The van der Waals surface area contributed by atoms with Gasteiger partial charge in [-0.3, -0.25) is 4.90 Å². The second-order valence-electron chi connectivity index (χ2n) is 5.70. The Morgan fingerprint density at radius 1 is 1.04 bits per heavy atom. The number of ether oxygens (including phenoxy) is 4. The first kappa shape index (κ1) is 24.1. The minimum atomic E-state index is 0. The van der Waals surface area contributed by atoms with Crippen molar-refractivity contribution in [1.29, 1.82) is 0 Å². The number of piperazine rings is 1. The fourth-order valence-corrected chi connectivity index (χ4v) is 2.98. The summed E-state index contributed by atoms with van der Waals surface area (Å²) in [6, 6.07) is 4.52. The molecule has 1 aliphatic heterocycles. The van der Waals surface area contributed by atoms with E-state index >= 15 is 0 Å². The first-order valence-corrected chi connectivity index (χ1v) is 7.95. The lowest BCUT2D eigenvalue weighted by atomic mass is 10.1. The van der Waals surface area contributed by atoms with Gasteiger partial charge in [-0.1, -0.05) is 0 Å². The smallest absolute Gasteiger partial charge is 0.203 e. The standard InChI is InChI=1S/C17H28N2O4.2ClH/c1-20-8-5-14-12-19(7-6-18-14)11-13-9-15(21-2)17(23-4)16(10-13)22-3;;/h9-10,14,18H,5-8,11-12H2,1-4H3;2*1H. The largest absolute Gasteiger partial charge is 0.493 e. The second-order valence-corrected chi connectivity index (χ2v) is 5.70. The Morgan fingerprint density at radius 2 is 1.68 bits per heavy atom. The quantitative estimate of drug-likeness (QED) is 0.727. The Balaban J connectivity index is 0.00000288. The van der Waals surface area contributed by atoms with Gasteiger partial charge in [0.25, 0.3) is 0 Å². The molecule has 1 fully saturated rings. The minimum absolute atomic E-state index is 0. The topological polar surface area (TPSA) is 52.2 Å². The summed E-state index contributed by atoms with van der Waals surface area (Å²) in [5, 5.41) is 3.54. The van der Waals surface area contributed by atoms with E-state index in [4.69, 9.17) is 18.9 Å². The number of nitrogens with one attached hydrogen (secondary N) is 1. The van der Waals surface area contributed by atoms with Gasteiger partial charge in [0.15, 0.2) is 11.5 Å². The van der Waals surface area contributed by atoms with Crippen molar-refractivity contribution < 1.29 is 18.9 Å². The van der Waals surface area contributed by atoms with Crippen LogP contribution in [0.2, 0.25) is 0 Å². The zero-order valence-corrected chi connectivity index (χ0v) is 17.0. The predicted molar refractivity (Wildman–Crippen MR) is 104 cm³/mol. The number of nitrogens with zero attached hydrogens (tertiary/aromatic N) is 1. The first-order valence-electron chi connectivity index (χ1n) is 7.95. The monoisotopic (exact) mass is 396 g/mol. The van der Waals surface area contributed by atoms with Crippen LogP contribution < -0.4 is 19.5 Å². The summed E-state index contributed by atoms with van der Waals surface area (Å²) in [6.07, 6.45) is 1.03. The Kier molecular flexibility index (Phi) is 12.0. The summed E-state index contributed by atoms with van der Waals surface area (Å²) in [7, 11) is 6.66. The van der Waals surface area contributed by atoms with E-state index in [-0.39, 0.29) is 24.8 Å². The molecule has 1 aromatic rings. The molecule has 1 aromatic carbocycles. The van der Waals surface area contributed by atoms with Crippen LogP contribution in [0.5, 0.6) is 17.2 Å². The van der Waals surface area contributed by atoms with E-state index in [2.05, 4.69) is 10.2 Å². The number of hydrogen-bond acceptors (Lipinski definition) is 6. The molecule has 1 unspecified atom stereocenters. The van der Waals surface area contributed by atoms with Crippen LogP contribution in [0.1, 0.15) is 12.0 Å². The second kappa shape index (κ2) is 12.4. The Bertz CT molecular complexity index is 481. The molecule has 1 heterocycles. The van der Waals surface area contributed by atoms with Gasteiger partial charge >= 0.3 is 0 Å². The third-order valence-electron chi connectivity index (χ3n) is 4.14. The molecule has 1 N–H and O–H groups in total. The number of rotatable bonds is 8. The summed E-state index contributed by atoms with van der Waals surface area (Å²) >= 11 is 0. The van der Waals surface area contributed by atoms with Crippen molar-refractivity contribution in [1.82, 2.24) is 10.2 Å². The highest BCUT2D eigenvalue weighted by Crippen LogP contribution is 2.38. The van der Waals surface area contributed by atoms with Gasteiger partial charge in [-0.15, -0.1) is 24.8 Å². The van der Waals surface area contributed by atoms with E-state index in [1.54, 1.807) is 28.4 Å². The third kappa shape index (κ3) is 6.72. The SMILES string of the molecule is COCCC1CN(Cc2cc(OC)c(OC)c(OC)c2)CCN1.Cl.Cl. The van der Waals surface area contributed by atoms with Gasteiger partial charge < -0.3 is 24.3 Å². The van der Waals surface area contributed by atoms with Crippen LogP contribution in [0.15, 0.2) is 12.1 Å².